The lowest BCUT2D eigenvalue weighted by atomic mass is 10.1. The Balaban J connectivity index is 1.81. The van der Waals surface area contributed by atoms with Gasteiger partial charge in [0.15, 0.2) is 17.2 Å². The van der Waals surface area contributed by atoms with Crippen LogP contribution >= 0.6 is 27.7 Å². The van der Waals surface area contributed by atoms with Crippen LogP contribution in [0, 0.1) is 0 Å². The number of fused-ring (bicyclic) bond motifs is 7. The average molecular weight is 361 g/mol. The van der Waals surface area contributed by atoms with Crippen LogP contribution < -0.4 is 5.56 Å². The summed E-state index contributed by atoms with van der Waals surface area (Å²) in [6, 6.07) is 0. The Hall–Kier alpha value is -0.410. The first-order chi connectivity index (χ1) is 9.44. The lowest BCUT2D eigenvalue weighted by Gasteiger charge is -2.24. The Morgan fingerprint density at radius 3 is 3.00 bits per heavy atom. The zero-order valence-corrected chi connectivity index (χ0v) is 13.3. The normalized spacial score (nSPS) is 37.4. The first-order valence-electron chi connectivity index (χ1n) is 6.37. The molecular formula is C12H13BrN2O4S. The summed E-state index contributed by atoms with van der Waals surface area (Å²) in [4.78, 5) is 15.7. The number of halogens is 1. The second-order valence-corrected chi connectivity index (χ2v) is 7.37. The van der Waals surface area contributed by atoms with E-state index in [0.29, 0.717) is 15.4 Å². The highest BCUT2D eigenvalue weighted by Crippen LogP contribution is 2.46. The lowest BCUT2D eigenvalue weighted by Crippen LogP contribution is -2.32. The molecule has 8 heteroatoms. The number of thioether (sulfide) groups is 1. The monoisotopic (exact) mass is 360 g/mol. The van der Waals surface area contributed by atoms with Gasteiger partial charge < -0.3 is 14.2 Å². The predicted octanol–water partition coefficient (Wildman–Crippen LogP) is 1.53. The second-order valence-electron chi connectivity index (χ2n) is 5.52. The minimum Gasteiger partial charge on any atom is -0.348 e. The van der Waals surface area contributed by atoms with E-state index in [1.165, 1.54) is 11.8 Å². The zero-order chi connectivity index (χ0) is 14.1. The van der Waals surface area contributed by atoms with Crippen LogP contribution in [0.1, 0.15) is 20.1 Å². The van der Waals surface area contributed by atoms with E-state index in [9.17, 15) is 4.79 Å². The third kappa shape index (κ3) is 1.89. The molecule has 2 fully saturated rings. The van der Waals surface area contributed by atoms with Gasteiger partial charge in [-0.05, 0) is 29.8 Å². The molecule has 0 amide bonds. The summed E-state index contributed by atoms with van der Waals surface area (Å²) in [5.41, 5.74) is -0.262. The molecule has 6 nitrogen and oxygen atoms in total. The third-order valence-electron chi connectivity index (χ3n) is 3.65. The van der Waals surface area contributed by atoms with E-state index in [1.807, 2.05) is 18.4 Å². The van der Waals surface area contributed by atoms with Gasteiger partial charge in [-0.25, -0.2) is 0 Å². The van der Waals surface area contributed by atoms with Crippen molar-refractivity contribution in [1.82, 2.24) is 9.55 Å². The Kier molecular flexibility index (Phi) is 2.85. The fourth-order valence-electron chi connectivity index (χ4n) is 2.89. The standard InChI is InChI=1S/C12H13BrN2O4S/c1-12(2)18-7-6-4-20-11-14-9(16)5(13)3-15(11)10(17-6)8(7)19-12/h3,6-8,10H,4H2,1-2H3/t6-,7-,8-,10-/m1/s1. The van der Waals surface area contributed by atoms with Crippen LogP contribution in [-0.4, -0.2) is 39.4 Å². The van der Waals surface area contributed by atoms with E-state index >= 15 is 0 Å². The van der Waals surface area contributed by atoms with Crippen LogP contribution in [0.3, 0.4) is 0 Å². The SMILES string of the molecule is CC1(C)O[C@@H]2[C@H](O1)[C@H]1CSc3nc(=O)c(Br)cn3[C@@H]2O1. The Labute approximate surface area is 127 Å². The number of ether oxygens (including phenoxy) is 3. The fraction of sp³-hybridized carbons (Fsp3) is 0.667. The molecular weight excluding hydrogens is 348 g/mol. The van der Waals surface area contributed by atoms with E-state index in [1.54, 1.807) is 6.20 Å². The quantitative estimate of drug-likeness (QED) is 0.653. The van der Waals surface area contributed by atoms with E-state index in [4.69, 9.17) is 14.2 Å². The maximum atomic E-state index is 11.7. The molecule has 2 saturated heterocycles. The Morgan fingerprint density at radius 1 is 1.45 bits per heavy atom. The number of hydrogen-bond acceptors (Lipinski definition) is 6. The fourth-order valence-corrected chi connectivity index (χ4v) is 4.24. The molecule has 2 bridgehead atoms. The number of nitrogens with zero attached hydrogens (tertiary/aromatic N) is 2. The third-order valence-corrected chi connectivity index (χ3v) is 5.25. The van der Waals surface area contributed by atoms with Gasteiger partial charge in [-0.3, -0.25) is 9.36 Å². The molecule has 4 rings (SSSR count). The average Bonchev–Trinajstić information content (AvgIpc) is 2.76. The van der Waals surface area contributed by atoms with Crippen LogP contribution in [0.25, 0.3) is 0 Å². The molecule has 1 aromatic heterocycles. The summed E-state index contributed by atoms with van der Waals surface area (Å²) in [6.45, 7) is 3.82. The van der Waals surface area contributed by atoms with Gasteiger partial charge in [0.2, 0.25) is 0 Å². The molecule has 3 aliphatic rings. The summed E-state index contributed by atoms with van der Waals surface area (Å²) in [7, 11) is 0. The Bertz CT molecular complexity index is 634. The topological polar surface area (TPSA) is 62.6 Å². The van der Waals surface area contributed by atoms with Gasteiger partial charge in [-0.1, -0.05) is 11.8 Å². The van der Waals surface area contributed by atoms with Crippen molar-refractivity contribution in [3.8, 4) is 0 Å². The molecule has 4 atom stereocenters. The maximum absolute atomic E-state index is 11.7. The second kappa shape index (κ2) is 4.30. The summed E-state index contributed by atoms with van der Waals surface area (Å²) in [5, 5.41) is 0.664. The summed E-state index contributed by atoms with van der Waals surface area (Å²) < 4.78 is 20.2. The molecule has 1 aromatic rings. The van der Waals surface area contributed by atoms with Crippen molar-refractivity contribution >= 4 is 27.7 Å². The molecule has 3 aliphatic heterocycles. The molecule has 0 saturated carbocycles. The van der Waals surface area contributed by atoms with Crippen molar-refractivity contribution in [3.05, 3.63) is 21.0 Å². The molecule has 0 aliphatic carbocycles. The van der Waals surface area contributed by atoms with Crippen molar-refractivity contribution in [2.75, 3.05) is 5.75 Å². The summed E-state index contributed by atoms with van der Waals surface area (Å²) in [6.07, 6.45) is 1.12. The smallest absolute Gasteiger partial charge is 0.287 e. The molecule has 20 heavy (non-hydrogen) atoms. The van der Waals surface area contributed by atoms with Crippen LogP contribution in [0.15, 0.2) is 20.6 Å². The van der Waals surface area contributed by atoms with Gasteiger partial charge in [0.1, 0.15) is 16.7 Å². The van der Waals surface area contributed by atoms with Gasteiger partial charge in [0.25, 0.3) is 5.56 Å². The van der Waals surface area contributed by atoms with Crippen LogP contribution in [-0.2, 0) is 14.2 Å². The molecule has 4 heterocycles. The predicted molar refractivity (Wildman–Crippen MR) is 74.7 cm³/mol. The highest BCUT2D eigenvalue weighted by molar-refractivity contribution is 9.10. The van der Waals surface area contributed by atoms with Crippen LogP contribution in [0.2, 0.25) is 0 Å². The van der Waals surface area contributed by atoms with Crippen LogP contribution in [0.5, 0.6) is 0 Å². The Morgan fingerprint density at radius 2 is 2.20 bits per heavy atom. The molecule has 0 aromatic carbocycles. The van der Waals surface area contributed by atoms with E-state index < -0.39 is 5.79 Å². The van der Waals surface area contributed by atoms with Gasteiger partial charge in [0.05, 0.1) is 6.10 Å². The number of hydrogen-bond donors (Lipinski definition) is 0. The van der Waals surface area contributed by atoms with Gasteiger partial charge in [-0.15, -0.1) is 0 Å². The van der Waals surface area contributed by atoms with Gasteiger partial charge in [-0.2, -0.15) is 4.98 Å². The van der Waals surface area contributed by atoms with Crippen molar-refractivity contribution in [2.24, 2.45) is 0 Å². The molecule has 108 valence electrons. The first-order valence-corrected chi connectivity index (χ1v) is 8.15. The molecule has 0 unspecified atom stereocenters. The summed E-state index contributed by atoms with van der Waals surface area (Å²) >= 11 is 4.75. The molecule has 0 spiro atoms. The van der Waals surface area contributed by atoms with E-state index in [0.717, 1.165) is 0 Å². The lowest BCUT2D eigenvalue weighted by molar-refractivity contribution is -0.194. The van der Waals surface area contributed by atoms with Crippen LogP contribution in [0.4, 0.5) is 0 Å². The van der Waals surface area contributed by atoms with Gasteiger partial charge >= 0.3 is 0 Å². The minimum absolute atomic E-state index is 0.0487. The van der Waals surface area contributed by atoms with E-state index in [-0.39, 0.29) is 30.1 Å². The van der Waals surface area contributed by atoms with Gasteiger partial charge in [0, 0.05) is 11.9 Å². The zero-order valence-electron chi connectivity index (χ0n) is 10.9. The minimum atomic E-state index is -0.603. The maximum Gasteiger partial charge on any atom is 0.287 e. The first kappa shape index (κ1) is 13.3. The van der Waals surface area contributed by atoms with Crippen molar-refractivity contribution in [3.63, 3.8) is 0 Å². The van der Waals surface area contributed by atoms with Crippen molar-refractivity contribution < 1.29 is 14.2 Å². The van der Waals surface area contributed by atoms with Crippen molar-refractivity contribution in [1.29, 1.82) is 0 Å². The molecule has 0 N–H and O–H groups in total. The summed E-state index contributed by atoms with van der Waals surface area (Å²) in [5.74, 6) is 0.0969. The van der Waals surface area contributed by atoms with Crippen molar-refractivity contribution in [2.45, 2.75) is 49.3 Å². The molecule has 0 radical (unpaired) electrons. The number of rotatable bonds is 0. The number of aromatic nitrogens is 2. The largest absolute Gasteiger partial charge is 0.348 e. The highest BCUT2D eigenvalue weighted by atomic mass is 79.9. The highest BCUT2D eigenvalue weighted by Gasteiger charge is 2.57. The van der Waals surface area contributed by atoms with E-state index in [2.05, 4.69) is 20.9 Å².